The van der Waals surface area contributed by atoms with Crippen LogP contribution in [0.2, 0.25) is 5.02 Å². The second kappa shape index (κ2) is 6.34. The van der Waals surface area contributed by atoms with Gasteiger partial charge in [0.2, 0.25) is 5.91 Å². The molecule has 4 nitrogen and oxygen atoms in total. The number of morpholine rings is 1. The van der Waals surface area contributed by atoms with E-state index in [2.05, 4.69) is 11.4 Å². The highest BCUT2D eigenvalue weighted by molar-refractivity contribution is 6.30. The Kier molecular flexibility index (Phi) is 4.48. The number of carbonyl (C=O) groups excluding carboxylic acids is 1. The van der Waals surface area contributed by atoms with Crippen LogP contribution in [-0.4, -0.2) is 49.2 Å². The van der Waals surface area contributed by atoms with Gasteiger partial charge in [-0.3, -0.25) is 4.79 Å². The first kappa shape index (κ1) is 14.8. The number of benzene rings is 1. The minimum atomic E-state index is -0.155. The number of nitrogens with one attached hydrogen (secondary N) is 1. The van der Waals surface area contributed by atoms with Crippen LogP contribution in [0.1, 0.15) is 18.1 Å². The van der Waals surface area contributed by atoms with Gasteiger partial charge >= 0.3 is 0 Å². The van der Waals surface area contributed by atoms with E-state index in [0.717, 1.165) is 17.9 Å². The van der Waals surface area contributed by atoms with Crippen molar-refractivity contribution in [3.63, 3.8) is 0 Å². The average molecular weight is 309 g/mol. The van der Waals surface area contributed by atoms with Crippen LogP contribution in [0.25, 0.3) is 0 Å². The Bertz CT molecular complexity index is 529. The second-order valence-corrected chi connectivity index (χ2v) is 6.28. The zero-order valence-corrected chi connectivity index (χ0v) is 13.0. The molecule has 2 unspecified atom stereocenters. The van der Waals surface area contributed by atoms with E-state index in [9.17, 15) is 4.79 Å². The van der Waals surface area contributed by atoms with Gasteiger partial charge in [0.15, 0.2) is 0 Å². The number of rotatable bonds is 3. The molecule has 1 heterocycles. The summed E-state index contributed by atoms with van der Waals surface area (Å²) < 4.78 is 5.29. The third kappa shape index (κ3) is 3.39. The normalized spacial score (nSPS) is 23.0. The summed E-state index contributed by atoms with van der Waals surface area (Å²) in [5, 5.41) is 4.25. The zero-order valence-electron chi connectivity index (χ0n) is 12.3. The van der Waals surface area contributed by atoms with Crippen molar-refractivity contribution in [2.24, 2.45) is 0 Å². The molecule has 5 heteroatoms. The van der Waals surface area contributed by atoms with Crippen molar-refractivity contribution < 1.29 is 9.53 Å². The number of nitrogens with zero attached hydrogens (tertiary/aromatic N) is 1. The topological polar surface area (TPSA) is 41.6 Å². The third-order valence-corrected chi connectivity index (χ3v) is 4.51. The minimum absolute atomic E-state index is 0.155. The van der Waals surface area contributed by atoms with Crippen LogP contribution in [0.15, 0.2) is 18.2 Å². The highest BCUT2D eigenvalue weighted by Crippen LogP contribution is 2.25. The highest BCUT2D eigenvalue weighted by Gasteiger charge is 2.27. The van der Waals surface area contributed by atoms with E-state index in [1.165, 1.54) is 11.1 Å². The number of ether oxygens (including phenoxy) is 1. The standard InChI is InChI=1S/C16H21ClN2O2/c1-11(16(20)19-4-6-21-7-5-19)18-15-9-12-2-3-14(17)8-13(12)10-15/h2-3,8,11,15,18H,4-7,9-10H2,1H3. The fourth-order valence-corrected chi connectivity index (χ4v) is 3.38. The third-order valence-electron chi connectivity index (χ3n) is 4.28. The Labute approximate surface area is 130 Å². The van der Waals surface area contributed by atoms with Crippen molar-refractivity contribution in [3.05, 3.63) is 34.3 Å². The predicted molar refractivity (Wildman–Crippen MR) is 82.6 cm³/mol. The summed E-state index contributed by atoms with van der Waals surface area (Å²) >= 11 is 6.04. The van der Waals surface area contributed by atoms with Gasteiger partial charge in [-0.05, 0) is 43.0 Å². The Balaban J connectivity index is 1.56. The summed E-state index contributed by atoms with van der Waals surface area (Å²) in [6.07, 6.45) is 1.91. The predicted octanol–water partition coefficient (Wildman–Crippen LogP) is 1.64. The molecular weight excluding hydrogens is 288 g/mol. The number of hydrogen-bond donors (Lipinski definition) is 1. The van der Waals surface area contributed by atoms with Gasteiger partial charge in [-0.2, -0.15) is 0 Å². The molecule has 0 spiro atoms. The van der Waals surface area contributed by atoms with Crippen LogP contribution in [-0.2, 0) is 22.4 Å². The molecule has 114 valence electrons. The number of fused-ring (bicyclic) bond motifs is 1. The number of hydrogen-bond acceptors (Lipinski definition) is 3. The van der Waals surface area contributed by atoms with Crippen LogP contribution < -0.4 is 5.32 Å². The van der Waals surface area contributed by atoms with Crippen LogP contribution in [0.3, 0.4) is 0 Å². The van der Waals surface area contributed by atoms with Gasteiger partial charge in [0.25, 0.3) is 0 Å². The molecular formula is C16H21ClN2O2. The summed E-state index contributed by atoms with van der Waals surface area (Å²) in [4.78, 5) is 14.3. The van der Waals surface area contributed by atoms with E-state index in [-0.39, 0.29) is 11.9 Å². The van der Waals surface area contributed by atoms with E-state index < -0.39 is 0 Å². The lowest BCUT2D eigenvalue weighted by atomic mass is 10.1. The quantitative estimate of drug-likeness (QED) is 0.923. The first-order chi connectivity index (χ1) is 10.1. The summed E-state index contributed by atoms with van der Waals surface area (Å²) in [5.74, 6) is 0.173. The maximum atomic E-state index is 12.4. The summed E-state index contributed by atoms with van der Waals surface area (Å²) in [7, 11) is 0. The molecule has 1 fully saturated rings. The molecule has 21 heavy (non-hydrogen) atoms. The van der Waals surface area contributed by atoms with Gasteiger partial charge in [0.1, 0.15) is 0 Å². The smallest absolute Gasteiger partial charge is 0.239 e. The molecule has 1 aliphatic heterocycles. The second-order valence-electron chi connectivity index (χ2n) is 5.84. The van der Waals surface area contributed by atoms with E-state index in [0.29, 0.717) is 32.3 Å². The fourth-order valence-electron chi connectivity index (χ4n) is 3.19. The van der Waals surface area contributed by atoms with Crippen molar-refractivity contribution in [2.75, 3.05) is 26.3 Å². The molecule has 0 bridgehead atoms. The molecule has 1 amide bonds. The fraction of sp³-hybridized carbons (Fsp3) is 0.562. The van der Waals surface area contributed by atoms with Crippen molar-refractivity contribution in [2.45, 2.75) is 31.8 Å². The highest BCUT2D eigenvalue weighted by atomic mass is 35.5. The largest absolute Gasteiger partial charge is 0.378 e. The number of amides is 1. The van der Waals surface area contributed by atoms with Crippen molar-refractivity contribution >= 4 is 17.5 Å². The van der Waals surface area contributed by atoms with Crippen LogP contribution in [0.4, 0.5) is 0 Å². The molecule has 1 aromatic rings. The number of halogens is 1. The van der Waals surface area contributed by atoms with Crippen LogP contribution in [0, 0.1) is 0 Å². The first-order valence-electron chi connectivity index (χ1n) is 7.53. The maximum absolute atomic E-state index is 12.4. The Hall–Kier alpha value is -1.10. The van der Waals surface area contributed by atoms with Gasteiger partial charge in [-0.15, -0.1) is 0 Å². The van der Waals surface area contributed by atoms with Gasteiger partial charge in [0.05, 0.1) is 19.3 Å². The van der Waals surface area contributed by atoms with Crippen LogP contribution >= 0.6 is 11.6 Å². The summed E-state index contributed by atoms with van der Waals surface area (Å²) in [5.41, 5.74) is 2.63. The van der Waals surface area contributed by atoms with E-state index >= 15 is 0 Å². The van der Waals surface area contributed by atoms with Crippen molar-refractivity contribution in [1.82, 2.24) is 10.2 Å². The molecule has 2 atom stereocenters. The van der Waals surface area contributed by atoms with Crippen molar-refractivity contribution in [3.8, 4) is 0 Å². The molecule has 1 aliphatic carbocycles. The van der Waals surface area contributed by atoms with E-state index in [1.54, 1.807) is 0 Å². The molecule has 1 N–H and O–H groups in total. The lowest BCUT2D eigenvalue weighted by Crippen LogP contribution is -2.51. The molecule has 0 aromatic heterocycles. The summed E-state index contributed by atoms with van der Waals surface area (Å²) in [6, 6.07) is 6.22. The minimum Gasteiger partial charge on any atom is -0.378 e. The number of carbonyl (C=O) groups is 1. The first-order valence-corrected chi connectivity index (χ1v) is 7.91. The Morgan fingerprint density at radius 3 is 2.81 bits per heavy atom. The van der Waals surface area contributed by atoms with E-state index in [4.69, 9.17) is 16.3 Å². The van der Waals surface area contributed by atoms with Gasteiger partial charge in [-0.1, -0.05) is 17.7 Å². The molecule has 1 aromatic carbocycles. The van der Waals surface area contributed by atoms with Crippen molar-refractivity contribution in [1.29, 1.82) is 0 Å². The lowest BCUT2D eigenvalue weighted by molar-refractivity contribution is -0.137. The monoisotopic (exact) mass is 308 g/mol. The molecule has 1 saturated heterocycles. The van der Waals surface area contributed by atoms with Gasteiger partial charge in [0, 0.05) is 24.2 Å². The van der Waals surface area contributed by atoms with E-state index in [1.807, 2.05) is 24.0 Å². The van der Waals surface area contributed by atoms with Crippen LogP contribution in [0.5, 0.6) is 0 Å². The average Bonchev–Trinajstić information content (AvgIpc) is 2.88. The maximum Gasteiger partial charge on any atom is 0.239 e. The van der Waals surface area contributed by atoms with Gasteiger partial charge in [-0.25, -0.2) is 0 Å². The van der Waals surface area contributed by atoms with Gasteiger partial charge < -0.3 is 15.0 Å². The summed E-state index contributed by atoms with van der Waals surface area (Å²) in [6.45, 7) is 4.64. The lowest BCUT2D eigenvalue weighted by Gasteiger charge is -2.30. The Morgan fingerprint density at radius 1 is 1.33 bits per heavy atom. The Morgan fingerprint density at radius 2 is 2.05 bits per heavy atom. The molecule has 0 radical (unpaired) electrons. The molecule has 3 rings (SSSR count). The molecule has 0 saturated carbocycles. The molecule has 2 aliphatic rings. The zero-order chi connectivity index (χ0) is 14.8. The SMILES string of the molecule is CC(NC1Cc2ccc(Cl)cc2C1)C(=O)N1CCOCC1.